The van der Waals surface area contributed by atoms with Crippen LogP contribution in [-0.2, 0) is 17.3 Å². The first-order valence-corrected chi connectivity index (χ1v) is 9.55. The molecule has 2 bridgehead atoms. The van der Waals surface area contributed by atoms with Crippen molar-refractivity contribution in [1.82, 2.24) is 4.90 Å². The molecule has 5 rings (SSSR count). The van der Waals surface area contributed by atoms with E-state index in [0.717, 1.165) is 12.3 Å². The Bertz CT molecular complexity index is 743. The Morgan fingerprint density at radius 3 is 2.83 bits per heavy atom. The van der Waals surface area contributed by atoms with E-state index in [1.54, 1.807) is 11.1 Å². The first-order chi connectivity index (χ1) is 11.3. The number of hydrogen-bond acceptors (Lipinski definition) is 2. The number of likely N-dealkylation sites (tertiary alicyclic amines) is 1. The standard InChI is InChI=1S/C22H29NO/c1-13-6-8-15-17-12-14-7-9-16(21(2,3)4)19-18(14)22(15,20(13)24-19)10-11-23(17)5/h7,9,15,17,20H,1,6,8,10-12H2,2-5H3. The summed E-state index contributed by atoms with van der Waals surface area (Å²) in [5, 5.41) is 0. The van der Waals surface area contributed by atoms with Crippen molar-refractivity contribution in [2.75, 3.05) is 13.6 Å². The Balaban J connectivity index is 1.81. The van der Waals surface area contributed by atoms with E-state index >= 15 is 0 Å². The average Bonchev–Trinajstić information content (AvgIpc) is 2.86. The zero-order valence-electron chi connectivity index (χ0n) is 15.5. The Hall–Kier alpha value is -1.28. The minimum atomic E-state index is 0.119. The quantitative estimate of drug-likeness (QED) is 0.663. The lowest BCUT2D eigenvalue weighted by atomic mass is 9.51. The summed E-state index contributed by atoms with van der Waals surface area (Å²) in [6.45, 7) is 12.5. The second-order valence-electron chi connectivity index (χ2n) is 9.57. The topological polar surface area (TPSA) is 12.5 Å². The van der Waals surface area contributed by atoms with Crippen molar-refractivity contribution in [2.45, 2.75) is 69.4 Å². The smallest absolute Gasteiger partial charge is 0.130 e. The number of nitrogens with zero attached hydrogens (tertiary/aromatic N) is 1. The highest BCUT2D eigenvalue weighted by Crippen LogP contribution is 2.64. The van der Waals surface area contributed by atoms with Crippen LogP contribution in [0.2, 0.25) is 0 Å². The minimum absolute atomic E-state index is 0.119. The molecule has 1 aromatic rings. The summed E-state index contributed by atoms with van der Waals surface area (Å²) in [5.41, 5.74) is 6.16. The molecule has 2 aliphatic carbocycles. The Kier molecular flexibility index (Phi) is 2.79. The number of rotatable bonds is 0. The molecule has 4 unspecified atom stereocenters. The maximum absolute atomic E-state index is 6.77. The fourth-order valence-corrected chi connectivity index (χ4v) is 6.26. The molecule has 1 saturated heterocycles. The van der Waals surface area contributed by atoms with Crippen LogP contribution in [0.5, 0.6) is 5.75 Å². The predicted molar refractivity (Wildman–Crippen MR) is 97.8 cm³/mol. The molecule has 1 saturated carbocycles. The van der Waals surface area contributed by atoms with Gasteiger partial charge in [-0.2, -0.15) is 0 Å². The van der Waals surface area contributed by atoms with Gasteiger partial charge in [-0.3, -0.25) is 0 Å². The van der Waals surface area contributed by atoms with E-state index in [4.69, 9.17) is 4.74 Å². The summed E-state index contributed by atoms with van der Waals surface area (Å²) < 4.78 is 6.77. The van der Waals surface area contributed by atoms with Crippen LogP contribution in [0.4, 0.5) is 0 Å². The Morgan fingerprint density at radius 2 is 2.08 bits per heavy atom. The summed E-state index contributed by atoms with van der Waals surface area (Å²) in [4.78, 5) is 2.61. The second-order valence-corrected chi connectivity index (χ2v) is 9.57. The summed E-state index contributed by atoms with van der Waals surface area (Å²) >= 11 is 0. The van der Waals surface area contributed by atoms with Crippen molar-refractivity contribution in [2.24, 2.45) is 5.92 Å². The van der Waals surface area contributed by atoms with Crippen LogP contribution in [0.3, 0.4) is 0 Å². The highest BCUT2D eigenvalue weighted by Gasteiger charge is 2.64. The molecule has 4 atom stereocenters. The average molecular weight is 323 g/mol. The number of ether oxygens (including phenoxy) is 1. The maximum Gasteiger partial charge on any atom is 0.130 e. The third-order valence-corrected chi connectivity index (χ3v) is 7.37. The molecular weight excluding hydrogens is 294 g/mol. The van der Waals surface area contributed by atoms with Gasteiger partial charge in [0.05, 0.1) is 0 Å². The van der Waals surface area contributed by atoms with Crippen molar-refractivity contribution in [3.05, 3.63) is 41.0 Å². The van der Waals surface area contributed by atoms with E-state index in [2.05, 4.69) is 51.4 Å². The minimum Gasteiger partial charge on any atom is -0.485 e. The lowest BCUT2D eigenvalue weighted by molar-refractivity contribution is -0.0214. The van der Waals surface area contributed by atoms with E-state index < -0.39 is 0 Å². The monoisotopic (exact) mass is 323 g/mol. The zero-order chi connectivity index (χ0) is 16.9. The van der Waals surface area contributed by atoms with Gasteiger partial charge in [-0.05, 0) is 67.3 Å². The molecule has 2 aliphatic heterocycles. The molecule has 0 N–H and O–H groups in total. The number of likely N-dealkylation sites (N-methyl/N-ethyl adjacent to an activating group) is 1. The van der Waals surface area contributed by atoms with Crippen molar-refractivity contribution in [3.8, 4) is 5.75 Å². The predicted octanol–water partition coefficient (Wildman–Crippen LogP) is 4.21. The third kappa shape index (κ3) is 1.61. The molecule has 2 fully saturated rings. The fraction of sp³-hybridized carbons (Fsp3) is 0.636. The van der Waals surface area contributed by atoms with Crippen LogP contribution in [0.1, 0.15) is 56.7 Å². The van der Waals surface area contributed by atoms with E-state index in [-0.39, 0.29) is 16.9 Å². The number of piperidine rings is 1. The molecule has 24 heavy (non-hydrogen) atoms. The summed E-state index contributed by atoms with van der Waals surface area (Å²) in [6, 6.07) is 5.42. The maximum atomic E-state index is 6.77. The SMILES string of the molecule is C=C1CCC2C3Cc4ccc(C(C)(C)C)c5c4C2(CCN3C)C1O5. The second kappa shape index (κ2) is 4.46. The normalized spacial score (nSPS) is 37.2. The van der Waals surface area contributed by atoms with Crippen LogP contribution in [0, 0.1) is 5.92 Å². The third-order valence-electron chi connectivity index (χ3n) is 7.37. The van der Waals surface area contributed by atoms with Gasteiger partial charge in [-0.1, -0.05) is 39.5 Å². The van der Waals surface area contributed by atoms with Gasteiger partial charge in [0, 0.05) is 17.0 Å². The first-order valence-electron chi connectivity index (χ1n) is 9.55. The van der Waals surface area contributed by atoms with Crippen LogP contribution < -0.4 is 4.74 Å². The fourth-order valence-electron chi connectivity index (χ4n) is 6.26. The molecule has 128 valence electrons. The van der Waals surface area contributed by atoms with Crippen LogP contribution in [0.25, 0.3) is 0 Å². The summed E-state index contributed by atoms with van der Waals surface area (Å²) in [5.74, 6) is 1.96. The molecular formula is C22H29NO. The number of benzene rings is 1. The summed E-state index contributed by atoms with van der Waals surface area (Å²) in [6.07, 6.45) is 5.05. The molecule has 2 heteroatoms. The molecule has 2 heterocycles. The van der Waals surface area contributed by atoms with E-state index in [0.29, 0.717) is 6.04 Å². The van der Waals surface area contributed by atoms with Gasteiger partial charge in [0.15, 0.2) is 0 Å². The molecule has 0 amide bonds. The largest absolute Gasteiger partial charge is 0.485 e. The van der Waals surface area contributed by atoms with Gasteiger partial charge >= 0.3 is 0 Å². The number of hydrogen-bond donors (Lipinski definition) is 0. The van der Waals surface area contributed by atoms with Crippen molar-refractivity contribution in [1.29, 1.82) is 0 Å². The van der Waals surface area contributed by atoms with Crippen molar-refractivity contribution in [3.63, 3.8) is 0 Å². The lowest BCUT2D eigenvalue weighted by Gasteiger charge is -2.58. The Morgan fingerprint density at radius 1 is 1.29 bits per heavy atom. The Labute approximate surface area is 145 Å². The molecule has 1 spiro atoms. The molecule has 1 aromatic carbocycles. The summed E-state index contributed by atoms with van der Waals surface area (Å²) in [7, 11) is 2.32. The van der Waals surface area contributed by atoms with Crippen LogP contribution >= 0.6 is 0 Å². The first kappa shape index (κ1) is 15.0. The van der Waals surface area contributed by atoms with Gasteiger partial charge in [0.1, 0.15) is 11.9 Å². The molecule has 4 aliphatic rings. The lowest BCUT2D eigenvalue weighted by Crippen LogP contribution is -2.63. The molecule has 0 radical (unpaired) electrons. The van der Waals surface area contributed by atoms with E-state index in [1.165, 1.54) is 42.7 Å². The van der Waals surface area contributed by atoms with Gasteiger partial charge in [0.25, 0.3) is 0 Å². The van der Waals surface area contributed by atoms with E-state index in [1.807, 2.05) is 0 Å². The van der Waals surface area contributed by atoms with Gasteiger partial charge in [-0.25, -0.2) is 0 Å². The van der Waals surface area contributed by atoms with Crippen molar-refractivity contribution >= 4 is 0 Å². The highest BCUT2D eigenvalue weighted by atomic mass is 16.5. The van der Waals surface area contributed by atoms with Gasteiger partial charge in [0.2, 0.25) is 0 Å². The molecule has 2 nitrogen and oxygen atoms in total. The van der Waals surface area contributed by atoms with E-state index in [9.17, 15) is 0 Å². The van der Waals surface area contributed by atoms with Crippen molar-refractivity contribution < 1.29 is 4.74 Å². The van der Waals surface area contributed by atoms with Crippen LogP contribution in [0.15, 0.2) is 24.3 Å². The highest BCUT2D eigenvalue weighted by molar-refractivity contribution is 5.61. The molecule has 0 aromatic heterocycles. The van der Waals surface area contributed by atoms with Crippen LogP contribution in [-0.4, -0.2) is 30.6 Å². The zero-order valence-corrected chi connectivity index (χ0v) is 15.5. The van der Waals surface area contributed by atoms with Gasteiger partial charge in [-0.15, -0.1) is 0 Å². The van der Waals surface area contributed by atoms with Gasteiger partial charge < -0.3 is 9.64 Å².